The van der Waals surface area contributed by atoms with Crippen molar-refractivity contribution in [2.75, 3.05) is 0 Å². The molecule has 0 amide bonds. The van der Waals surface area contributed by atoms with Crippen LogP contribution in [-0.2, 0) is 11.2 Å². The van der Waals surface area contributed by atoms with Crippen LogP contribution in [0, 0.1) is 17.2 Å². The molecule has 0 N–H and O–H groups in total. The van der Waals surface area contributed by atoms with Crippen LogP contribution >= 0.6 is 0 Å². The van der Waals surface area contributed by atoms with Crippen molar-refractivity contribution >= 4 is 5.78 Å². The third kappa shape index (κ3) is 3.86. The van der Waals surface area contributed by atoms with Gasteiger partial charge < -0.3 is 0 Å². The second-order valence-electron chi connectivity index (χ2n) is 3.92. The Kier molecular flexibility index (Phi) is 5.28. The lowest BCUT2D eigenvalue weighted by Gasteiger charge is -2.06. The quantitative estimate of drug-likeness (QED) is 0.731. The van der Waals surface area contributed by atoms with Gasteiger partial charge in [0.05, 0.1) is 6.07 Å². The summed E-state index contributed by atoms with van der Waals surface area (Å²) < 4.78 is 0. The highest BCUT2D eigenvalue weighted by molar-refractivity contribution is 5.83. The number of nitrogens with zero attached hydrogens (tertiary/aromatic N) is 1. The summed E-state index contributed by atoms with van der Waals surface area (Å²) in [6.07, 6.45) is 2.78. The van der Waals surface area contributed by atoms with Gasteiger partial charge in [0.1, 0.15) is 11.7 Å². The first kappa shape index (κ1) is 12.4. The first-order valence-electron chi connectivity index (χ1n) is 5.74. The summed E-state index contributed by atoms with van der Waals surface area (Å²) in [5.41, 5.74) is 1.16. The molecule has 0 fully saturated rings. The number of carbonyl (C=O) groups is 1. The molecule has 1 unspecified atom stereocenters. The van der Waals surface area contributed by atoms with Crippen molar-refractivity contribution in [1.82, 2.24) is 0 Å². The highest BCUT2D eigenvalue weighted by Gasteiger charge is 2.15. The second-order valence-corrected chi connectivity index (χ2v) is 3.92. The summed E-state index contributed by atoms with van der Waals surface area (Å²) in [4.78, 5) is 11.7. The van der Waals surface area contributed by atoms with Gasteiger partial charge in [0.25, 0.3) is 0 Å². The molecular weight excluding hydrogens is 198 g/mol. The van der Waals surface area contributed by atoms with Crippen molar-refractivity contribution in [3.63, 3.8) is 0 Å². The first-order chi connectivity index (χ1) is 7.77. The Balaban J connectivity index is 2.44. The van der Waals surface area contributed by atoms with Crippen molar-refractivity contribution in [3.05, 3.63) is 35.9 Å². The molecule has 1 aromatic carbocycles. The molecule has 1 aromatic rings. The average molecular weight is 215 g/mol. The lowest BCUT2D eigenvalue weighted by molar-refractivity contribution is -0.121. The number of rotatable bonds is 6. The third-order valence-corrected chi connectivity index (χ3v) is 2.62. The molecule has 0 saturated carbocycles. The summed E-state index contributed by atoms with van der Waals surface area (Å²) >= 11 is 0. The summed E-state index contributed by atoms with van der Waals surface area (Å²) in [7, 11) is 0. The zero-order valence-corrected chi connectivity index (χ0v) is 9.65. The van der Waals surface area contributed by atoms with E-state index in [0.717, 1.165) is 18.4 Å². The smallest absolute Gasteiger partial charge is 0.150 e. The van der Waals surface area contributed by atoms with Crippen LogP contribution in [0.5, 0.6) is 0 Å². The van der Waals surface area contributed by atoms with Crippen LogP contribution in [0.4, 0.5) is 0 Å². The van der Waals surface area contributed by atoms with Gasteiger partial charge in [-0.25, -0.2) is 0 Å². The molecule has 0 heterocycles. The van der Waals surface area contributed by atoms with Gasteiger partial charge in [0.2, 0.25) is 0 Å². The number of hydrogen-bond acceptors (Lipinski definition) is 2. The Morgan fingerprint density at radius 2 is 2.06 bits per heavy atom. The first-order valence-corrected chi connectivity index (χ1v) is 5.74. The van der Waals surface area contributed by atoms with Crippen molar-refractivity contribution in [2.45, 2.75) is 32.6 Å². The van der Waals surface area contributed by atoms with Gasteiger partial charge in [-0.3, -0.25) is 4.79 Å². The Labute approximate surface area is 96.9 Å². The SMILES string of the molecule is CCCC(C#N)C(=O)CCc1ccccc1. The van der Waals surface area contributed by atoms with E-state index in [4.69, 9.17) is 5.26 Å². The molecule has 2 nitrogen and oxygen atoms in total. The fraction of sp³-hybridized carbons (Fsp3) is 0.429. The largest absolute Gasteiger partial charge is 0.298 e. The van der Waals surface area contributed by atoms with E-state index in [1.54, 1.807) is 0 Å². The van der Waals surface area contributed by atoms with E-state index in [0.29, 0.717) is 12.8 Å². The summed E-state index contributed by atoms with van der Waals surface area (Å²) in [5, 5.41) is 8.85. The van der Waals surface area contributed by atoms with Gasteiger partial charge in [-0.15, -0.1) is 0 Å². The van der Waals surface area contributed by atoms with E-state index in [-0.39, 0.29) is 5.78 Å². The number of carbonyl (C=O) groups excluding carboxylic acids is 1. The summed E-state index contributed by atoms with van der Waals surface area (Å²) in [6, 6.07) is 12.0. The Morgan fingerprint density at radius 3 is 2.62 bits per heavy atom. The van der Waals surface area contributed by atoms with Gasteiger partial charge in [-0.2, -0.15) is 5.26 Å². The van der Waals surface area contributed by atoms with Crippen LogP contribution in [0.15, 0.2) is 30.3 Å². The van der Waals surface area contributed by atoms with Crippen LogP contribution in [0.2, 0.25) is 0 Å². The molecular formula is C14H17NO. The predicted molar refractivity (Wildman–Crippen MR) is 63.8 cm³/mol. The van der Waals surface area contributed by atoms with Gasteiger partial charge in [-0.1, -0.05) is 43.7 Å². The molecule has 0 aliphatic carbocycles. The van der Waals surface area contributed by atoms with E-state index in [2.05, 4.69) is 6.07 Å². The van der Waals surface area contributed by atoms with E-state index in [1.165, 1.54) is 0 Å². The van der Waals surface area contributed by atoms with Gasteiger partial charge >= 0.3 is 0 Å². The van der Waals surface area contributed by atoms with Crippen LogP contribution in [-0.4, -0.2) is 5.78 Å². The number of ketones is 1. The summed E-state index contributed by atoms with van der Waals surface area (Å²) in [5.74, 6) is -0.332. The van der Waals surface area contributed by atoms with Crippen LogP contribution < -0.4 is 0 Å². The lowest BCUT2D eigenvalue weighted by atomic mass is 9.95. The molecule has 1 atom stereocenters. The fourth-order valence-electron chi connectivity index (χ4n) is 1.67. The van der Waals surface area contributed by atoms with Crippen molar-refractivity contribution in [2.24, 2.45) is 5.92 Å². The van der Waals surface area contributed by atoms with E-state index in [9.17, 15) is 4.79 Å². The zero-order chi connectivity index (χ0) is 11.8. The molecule has 0 spiro atoms. The second kappa shape index (κ2) is 6.79. The van der Waals surface area contributed by atoms with Crippen molar-refractivity contribution in [1.29, 1.82) is 5.26 Å². The number of nitriles is 1. The molecule has 1 rings (SSSR count). The van der Waals surface area contributed by atoms with Gasteiger partial charge in [0, 0.05) is 6.42 Å². The van der Waals surface area contributed by atoms with E-state index in [1.807, 2.05) is 37.3 Å². The summed E-state index contributed by atoms with van der Waals surface area (Å²) in [6.45, 7) is 1.99. The van der Waals surface area contributed by atoms with E-state index >= 15 is 0 Å². The molecule has 0 aliphatic rings. The Morgan fingerprint density at radius 1 is 1.38 bits per heavy atom. The fourth-order valence-corrected chi connectivity index (χ4v) is 1.67. The Bertz CT molecular complexity index is 364. The molecule has 84 valence electrons. The minimum Gasteiger partial charge on any atom is -0.298 e. The lowest BCUT2D eigenvalue weighted by Crippen LogP contribution is -2.13. The van der Waals surface area contributed by atoms with Crippen LogP contribution in [0.1, 0.15) is 31.7 Å². The number of Topliss-reactive ketones (excluding diaryl/α,β-unsaturated/α-hetero) is 1. The molecule has 0 radical (unpaired) electrons. The molecule has 16 heavy (non-hydrogen) atoms. The molecule has 2 heteroatoms. The maximum atomic E-state index is 11.7. The Hall–Kier alpha value is -1.62. The number of hydrogen-bond donors (Lipinski definition) is 0. The normalized spacial score (nSPS) is 11.8. The monoisotopic (exact) mass is 215 g/mol. The zero-order valence-electron chi connectivity index (χ0n) is 9.65. The standard InChI is InChI=1S/C14H17NO/c1-2-6-13(11-15)14(16)10-9-12-7-4-3-5-8-12/h3-5,7-8,13H,2,6,9-10H2,1H3. The minimum absolute atomic E-state index is 0.0770. The third-order valence-electron chi connectivity index (χ3n) is 2.62. The predicted octanol–water partition coefficient (Wildman–Crippen LogP) is 3.13. The minimum atomic E-state index is -0.409. The van der Waals surface area contributed by atoms with Gasteiger partial charge in [-0.05, 0) is 18.4 Å². The number of benzene rings is 1. The molecule has 0 bridgehead atoms. The molecule has 0 aliphatic heterocycles. The van der Waals surface area contributed by atoms with Crippen LogP contribution in [0.25, 0.3) is 0 Å². The average Bonchev–Trinajstić information content (AvgIpc) is 2.34. The number of aryl methyl sites for hydroxylation is 1. The maximum absolute atomic E-state index is 11.7. The van der Waals surface area contributed by atoms with Crippen molar-refractivity contribution in [3.8, 4) is 6.07 Å². The molecule has 0 saturated heterocycles. The molecule has 0 aromatic heterocycles. The topological polar surface area (TPSA) is 40.9 Å². The van der Waals surface area contributed by atoms with E-state index < -0.39 is 5.92 Å². The highest BCUT2D eigenvalue weighted by Crippen LogP contribution is 2.11. The van der Waals surface area contributed by atoms with Gasteiger partial charge in [0.15, 0.2) is 0 Å². The highest BCUT2D eigenvalue weighted by atomic mass is 16.1. The van der Waals surface area contributed by atoms with Crippen molar-refractivity contribution < 1.29 is 4.79 Å². The maximum Gasteiger partial charge on any atom is 0.150 e. The van der Waals surface area contributed by atoms with Crippen LogP contribution in [0.3, 0.4) is 0 Å².